The van der Waals surface area contributed by atoms with Gasteiger partial charge in [-0.3, -0.25) is 10.1 Å². The van der Waals surface area contributed by atoms with Crippen molar-refractivity contribution in [2.45, 2.75) is 26.3 Å². The van der Waals surface area contributed by atoms with E-state index in [1.165, 1.54) is 23.3 Å². The lowest BCUT2D eigenvalue weighted by Crippen LogP contribution is -2.31. The van der Waals surface area contributed by atoms with E-state index in [1.807, 2.05) is 6.07 Å². The highest BCUT2D eigenvalue weighted by molar-refractivity contribution is 5.60. The first kappa shape index (κ1) is 17.1. The molecular formula is C21H20N4O2. The third-order valence-corrected chi connectivity index (χ3v) is 4.92. The van der Waals surface area contributed by atoms with Crippen LogP contribution in [0.5, 0.6) is 0 Å². The molecule has 3 aromatic rings. The molecule has 0 N–H and O–H groups in total. The molecule has 0 atom stereocenters. The Morgan fingerprint density at radius 1 is 1.07 bits per heavy atom. The van der Waals surface area contributed by atoms with Gasteiger partial charge >= 0.3 is 0 Å². The summed E-state index contributed by atoms with van der Waals surface area (Å²) in [6.45, 7) is 3.81. The number of aromatic nitrogens is 2. The minimum atomic E-state index is -0.399. The van der Waals surface area contributed by atoms with Gasteiger partial charge in [0, 0.05) is 42.5 Å². The molecule has 6 heteroatoms. The summed E-state index contributed by atoms with van der Waals surface area (Å²) in [6.07, 6.45) is 1.80. The zero-order valence-electron chi connectivity index (χ0n) is 15.1. The molecule has 0 saturated heterocycles. The Morgan fingerprint density at radius 2 is 1.81 bits per heavy atom. The number of anilines is 1. The monoisotopic (exact) mass is 360 g/mol. The maximum Gasteiger partial charge on any atom is 0.269 e. The van der Waals surface area contributed by atoms with Gasteiger partial charge in [0.1, 0.15) is 5.82 Å². The standard InChI is InChI=1S/C21H20N4O2/c1-2-18-13-20(24-12-11-15-5-3-4-6-17(15)14-24)23-21(22-18)16-7-9-19(10-8-16)25(26)27/h3-10,13H,2,11-12,14H2,1H3. The topological polar surface area (TPSA) is 72.2 Å². The van der Waals surface area contributed by atoms with Gasteiger partial charge in [-0.1, -0.05) is 31.2 Å². The number of fused-ring (bicyclic) bond motifs is 1. The number of rotatable bonds is 4. The van der Waals surface area contributed by atoms with Gasteiger partial charge in [0.05, 0.1) is 4.92 Å². The molecule has 4 rings (SSSR count). The smallest absolute Gasteiger partial charge is 0.269 e. The number of benzene rings is 2. The molecular weight excluding hydrogens is 340 g/mol. The molecule has 0 unspecified atom stereocenters. The largest absolute Gasteiger partial charge is 0.352 e. The Kier molecular flexibility index (Phi) is 4.54. The third-order valence-electron chi connectivity index (χ3n) is 4.92. The van der Waals surface area contributed by atoms with Crippen LogP contribution in [0.3, 0.4) is 0 Å². The number of nitro benzene ring substituents is 1. The van der Waals surface area contributed by atoms with Crippen molar-refractivity contribution in [2.75, 3.05) is 11.4 Å². The van der Waals surface area contributed by atoms with Gasteiger partial charge in [0.2, 0.25) is 0 Å². The number of non-ortho nitro benzene ring substituents is 1. The van der Waals surface area contributed by atoms with Gasteiger partial charge in [0.25, 0.3) is 5.69 Å². The predicted molar refractivity (Wildman–Crippen MR) is 105 cm³/mol. The second-order valence-electron chi connectivity index (χ2n) is 6.64. The van der Waals surface area contributed by atoms with Crippen LogP contribution >= 0.6 is 0 Å². The number of nitrogens with zero attached hydrogens (tertiary/aromatic N) is 4. The van der Waals surface area contributed by atoms with Crippen molar-refractivity contribution in [3.8, 4) is 11.4 Å². The van der Waals surface area contributed by atoms with E-state index in [9.17, 15) is 10.1 Å². The summed E-state index contributed by atoms with van der Waals surface area (Å²) < 4.78 is 0. The first-order valence-electron chi connectivity index (χ1n) is 9.08. The Bertz CT molecular complexity index is 986. The normalized spacial score (nSPS) is 13.3. The molecule has 2 heterocycles. The summed E-state index contributed by atoms with van der Waals surface area (Å²) in [6, 6.07) is 17.0. The molecule has 0 spiro atoms. The summed E-state index contributed by atoms with van der Waals surface area (Å²) >= 11 is 0. The molecule has 1 aromatic heterocycles. The summed E-state index contributed by atoms with van der Waals surface area (Å²) in [5.41, 5.74) is 4.55. The van der Waals surface area contributed by atoms with Gasteiger partial charge in [-0.2, -0.15) is 0 Å². The molecule has 1 aliphatic heterocycles. The van der Waals surface area contributed by atoms with E-state index in [-0.39, 0.29) is 5.69 Å². The van der Waals surface area contributed by atoms with E-state index in [4.69, 9.17) is 4.98 Å². The van der Waals surface area contributed by atoms with Crippen LogP contribution in [0.15, 0.2) is 54.6 Å². The van der Waals surface area contributed by atoms with Crippen molar-refractivity contribution in [1.29, 1.82) is 0 Å². The molecule has 2 aromatic carbocycles. The SMILES string of the molecule is CCc1cc(N2CCc3ccccc3C2)nc(-c2ccc([N+](=O)[O-])cc2)n1. The Morgan fingerprint density at radius 3 is 2.52 bits per heavy atom. The summed E-state index contributed by atoms with van der Waals surface area (Å²) in [7, 11) is 0. The first-order valence-corrected chi connectivity index (χ1v) is 9.08. The van der Waals surface area contributed by atoms with Gasteiger partial charge in [-0.25, -0.2) is 9.97 Å². The van der Waals surface area contributed by atoms with Gasteiger partial charge in [-0.15, -0.1) is 0 Å². The maximum absolute atomic E-state index is 10.9. The van der Waals surface area contributed by atoms with Crippen molar-refractivity contribution < 1.29 is 4.92 Å². The lowest BCUT2D eigenvalue weighted by molar-refractivity contribution is -0.384. The van der Waals surface area contributed by atoms with Crippen molar-refractivity contribution in [3.05, 3.63) is 81.5 Å². The zero-order valence-corrected chi connectivity index (χ0v) is 15.1. The fourth-order valence-corrected chi connectivity index (χ4v) is 3.38. The predicted octanol–water partition coefficient (Wildman–Crippen LogP) is 4.18. The molecule has 27 heavy (non-hydrogen) atoms. The van der Waals surface area contributed by atoms with E-state index in [1.54, 1.807) is 12.1 Å². The third kappa shape index (κ3) is 3.51. The molecule has 0 radical (unpaired) electrons. The van der Waals surface area contributed by atoms with Crippen LogP contribution in [-0.4, -0.2) is 21.4 Å². The summed E-state index contributed by atoms with van der Waals surface area (Å²) in [5, 5.41) is 10.9. The van der Waals surface area contributed by atoms with Crippen LogP contribution in [0.2, 0.25) is 0 Å². The lowest BCUT2D eigenvalue weighted by atomic mass is 10.00. The van der Waals surface area contributed by atoms with Crippen molar-refractivity contribution in [3.63, 3.8) is 0 Å². The molecule has 0 aliphatic carbocycles. The number of nitro groups is 1. The summed E-state index contributed by atoms with van der Waals surface area (Å²) in [4.78, 5) is 22.2. The van der Waals surface area contributed by atoms with Crippen LogP contribution in [0.4, 0.5) is 11.5 Å². The highest BCUT2D eigenvalue weighted by atomic mass is 16.6. The van der Waals surface area contributed by atoms with E-state index in [0.29, 0.717) is 5.82 Å². The van der Waals surface area contributed by atoms with Gasteiger partial charge < -0.3 is 4.90 Å². The first-order chi connectivity index (χ1) is 13.1. The van der Waals surface area contributed by atoms with E-state index >= 15 is 0 Å². The lowest BCUT2D eigenvalue weighted by Gasteiger charge is -2.30. The Balaban J connectivity index is 1.68. The van der Waals surface area contributed by atoms with Crippen molar-refractivity contribution in [1.82, 2.24) is 9.97 Å². The van der Waals surface area contributed by atoms with Crippen LogP contribution in [-0.2, 0) is 19.4 Å². The average molecular weight is 360 g/mol. The fourth-order valence-electron chi connectivity index (χ4n) is 3.38. The van der Waals surface area contributed by atoms with Crippen LogP contribution in [0.25, 0.3) is 11.4 Å². The highest BCUT2D eigenvalue weighted by Crippen LogP contribution is 2.26. The molecule has 0 amide bonds. The Labute approximate surface area is 157 Å². The van der Waals surface area contributed by atoms with Crippen LogP contribution in [0, 0.1) is 10.1 Å². The summed E-state index contributed by atoms with van der Waals surface area (Å²) in [5.74, 6) is 1.52. The van der Waals surface area contributed by atoms with Crippen molar-refractivity contribution >= 4 is 11.5 Å². The minimum absolute atomic E-state index is 0.0678. The number of aryl methyl sites for hydroxylation is 1. The zero-order chi connectivity index (χ0) is 18.8. The molecule has 1 aliphatic rings. The second kappa shape index (κ2) is 7.15. The highest BCUT2D eigenvalue weighted by Gasteiger charge is 2.19. The van der Waals surface area contributed by atoms with E-state index < -0.39 is 4.92 Å². The van der Waals surface area contributed by atoms with E-state index in [0.717, 1.165) is 43.0 Å². The maximum atomic E-state index is 10.9. The molecule has 6 nitrogen and oxygen atoms in total. The average Bonchev–Trinajstić information content (AvgIpc) is 2.73. The quantitative estimate of drug-likeness (QED) is 0.516. The van der Waals surface area contributed by atoms with Gasteiger partial charge in [-0.05, 0) is 36.1 Å². The minimum Gasteiger partial charge on any atom is -0.352 e. The second-order valence-corrected chi connectivity index (χ2v) is 6.64. The number of hydrogen-bond acceptors (Lipinski definition) is 5. The van der Waals surface area contributed by atoms with Crippen LogP contribution < -0.4 is 4.90 Å². The van der Waals surface area contributed by atoms with Crippen LogP contribution in [0.1, 0.15) is 23.7 Å². The molecule has 136 valence electrons. The number of hydrogen-bond donors (Lipinski definition) is 0. The van der Waals surface area contributed by atoms with Crippen molar-refractivity contribution in [2.24, 2.45) is 0 Å². The molecule has 0 bridgehead atoms. The molecule has 0 fully saturated rings. The molecule has 0 saturated carbocycles. The van der Waals surface area contributed by atoms with E-state index in [2.05, 4.69) is 41.1 Å². The Hall–Kier alpha value is -3.28. The fraction of sp³-hybridized carbons (Fsp3) is 0.238. The van der Waals surface area contributed by atoms with Gasteiger partial charge in [0.15, 0.2) is 5.82 Å².